The highest BCUT2D eigenvalue weighted by molar-refractivity contribution is 5.87. The number of esters is 1. The number of para-hydroxylation sites is 1. The van der Waals surface area contributed by atoms with Crippen LogP contribution in [0, 0.1) is 6.92 Å². The van der Waals surface area contributed by atoms with Crippen molar-refractivity contribution in [3.05, 3.63) is 42.1 Å². The maximum Gasteiger partial charge on any atom is 0.327 e. The van der Waals surface area contributed by atoms with Crippen LogP contribution < -0.4 is 5.32 Å². The molecule has 0 radical (unpaired) electrons. The van der Waals surface area contributed by atoms with Gasteiger partial charge in [0.1, 0.15) is 24.5 Å². The molecule has 0 bridgehead atoms. The first-order valence-corrected chi connectivity index (χ1v) is 8.46. The van der Waals surface area contributed by atoms with Gasteiger partial charge in [-0.05, 0) is 18.6 Å². The van der Waals surface area contributed by atoms with Gasteiger partial charge in [0.25, 0.3) is 0 Å². The molecule has 3 aromatic heterocycles. The van der Waals surface area contributed by atoms with E-state index in [1.165, 1.54) is 23.7 Å². The predicted octanol–water partition coefficient (Wildman–Crippen LogP) is 1.81. The fraction of sp³-hybridized carbons (Fsp3) is 0.278. The standard InChI is InChI=1S/C18H19N7O2/c1-11-5-4-6-13-16(11)24(2)14(23-13)8-19-17-12-7-22-25(9-15(26)27-3)18(12)21-10-20-17/h4-7,10H,8-9H2,1-3H3,(H,19,20,21). The number of nitrogens with zero attached hydrogens (tertiary/aromatic N) is 6. The molecule has 4 rings (SSSR count). The largest absolute Gasteiger partial charge is 0.468 e. The summed E-state index contributed by atoms with van der Waals surface area (Å²) in [5.41, 5.74) is 3.84. The van der Waals surface area contributed by atoms with Crippen molar-refractivity contribution in [1.29, 1.82) is 0 Å². The number of ether oxygens (including phenoxy) is 1. The van der Waals surface area contributed by atoms with Crippen LogP contribution >= 0.6 is 0 Å². The average Bonchev–Trinajstić information content (AvgIpc) is 3.22. The first-order valence-electron chi connectivity index (χ1n) is 8.46. The number of imidazole rings is 1. The number of nitrogens with one attached hydrogen (secondary N) is 1. The smallest absolute Gasteiger partial charge is 0.327 e. The second kappa shape index (κ2) is 6.67. The fourth-order valence-electron chi connectivity index (χ4n) is 3.17. The van der Waals surface area contributed by atoms with Gasteiger partial charge in [0.2, 0.25) is 0 Å². The number of hydrogen-bond donors (Lipinski definition) is 1. The third kappa shape index (κ3) is 2.97. The minimum atomic E-state index is -0.386. The molecule has 3 heterocycles. The minimum Gasteiger partial charge on any atom is -0.468 e. The molecule has 9 heteroatoms. The third-order valence-corrected chi connectivity index (χ3v) is 4.54. The van der Waals surface area contributed by atoms with E-state index in [-0.39, 0.29) is 12.5 Å². The van der Waals surface area contributed by atoms with E-state index in [1.807, 2.05) is 19.2 Å². The van der Waals surface area contributed by atoms with Gasteiger partial charge in [-0.1, -0.05) is 12.1 Å². The Balaban J connectivity index is 1.62. The third-order valence-electron chi connectivity index (χ3n) is 4.54. The summed E-state index contributed by atoms with van der Waals surface area (Å²) >= 11 is 0. The molecule has 0 spiro atoms. The number of benzene rings is 1. The van der Waals surface area contributed by atoms with E-state index >= 15 is 0 Å². The lowest BCUT2D eigenvalue weighted by molar-refractivity contribution is -0.141. The van der Waals surface area contributed by atoms with Gasteiger partial charge in [-0.15, -0.1) is 0 Å². The quantitative estimate of drug-likeness (QED) is 0.538. The summed E-state index contributed by atoms with van der Waals surface area (Å²) in [5.74, 6) is 1.15. The van der Waals surface area contributed by atoms with Gasteiger partial charge in [0, 0.05) is 7.05 Å². The molecule has 0 aliphatic rings. The Hall–Kier alpha value is -3.49. The first-order chi connectivity index (χ1) is 13.1. The highest BCUT2D eigenvalue weighted by Gasteiger charge is 2.14. The van der Waals surface area contributed by atoms with E-state index < -0.39 is 0 Å². The SMILES string of the molecule is COC(=O)Cn1ncc2c(NCc3nc4cccc(C)c4n3C)ncnc21. The zero-order chi connectivity index (χ0) is 19.0. The van der Waals surface area contributed by atoms with Crippen molar-refractivity contribution in [2.45, 2.75) is 20.0 Å². The second-order valence-corrected chi connectivity index (χ2v) is 6.22. The van der Waals surface area contributed by atoms with Gasteiger partial charge >= 0.3 is 5.97 Å². The molecule has 1 aromatic carbocycles. The number of fused-ring (bicyclic) bond motifs is 2. The summed E-state index contributed by atoms with van der Waals surface area (Å²) in [6.07, 6.45) is 3.08. The highest BCUT2D eigenvalue weighted by Crippen LogP contribution is 2.22. The highest BCUT2D eigenvalue weighted by atomic mass is 16.5. The van der Waals surface area contributed by atoms with Crippen LogP contribution in [0.5, 0.6) is 0 Å². The lowest BCUT2D eigenvalue weighted by Gasteiger charge is -2.07. The molecule has 0 unspecified atom stereocenters. The fourth-order valence-corrected chi connectivity index (χ4v) is 3.17. The Kier molecular flexibility index (Phi) is 4.19. The van der Waals surface area contributed by atoms with Crippen LogP contribution in [0.1, 0.15) is 11.4 Å². The molecule has 4 aromatic rings. The van der Waals surface area contributed by atoms with E-state index in [9.17, 15) is 4.79 Å². The molecule has 0 atom stereocenters. The Labute approximate surface area is 155 Å². The van der Waals surface area contributed by atoms with Crippen molar-refractivity contribution >= 4 is 33.9 Å². The van der Waals surface area contributed by atoms with E-state index in [1.54, 1.807) is 6.20 Å². The number of carbonyl (C=O) groups excluding carboxylic acids is 1. The normalized spacial score (nSPS) is 11.2. The van der Waals surface area contributed by atoms with Gasteiger partial charge in [0.05, 0.1) is 36.3 Å². The van der Waals surface area contributed by atoms with E-state index in [2.05, 4.69) is 42.7 Å². The van der Waals surface area contributed by atoms with Crippen LogP contribution in [-0.2, 0) is 29.7 Å². The van der Waals surface area contributed by atoms with Crippen molar-refractivity contribution in [3.63, 3.8) is 0 Å². The zero-order valence-electron chi connectivity index (χ0n) is 15.3. The van der Waals surface area contributed by atoms with Gasteiger partial charge < -0.3 is 14.6 Å². The number of carbonyl (C=O) groups is 1. The number of hydrogen-bond acceptors (Lipinski definition) is 7. The Bertz CT molecular complexity index is 1150. The zero-order valence-corrected chi connectivity index (χ0v) is 15.3. The number of anilines is 1. The molecule has 0 amide bonds. The second-order valence-electron chi connectivity index (χ2n) is 6.22. The lowest BCUT2D eigenvalue weighted by atomic mass is 10.2. The van der Waals surface area contributed by atoms with Crippen molar-refractivity contribution in [2.24, 2.45) is 7.05 Å². The Morgan fingerprint density at radius 1 is 1.30 bits per heavy atom. The summed E-state index contributed by atoms with van der Waals surface area (Å²) in [6, 6.07) is 6.09. The molecule has 9 nitrogen and oxygen atoms in total. The number of rotatable bonds is 5. The van der Waals surface area contributed by atoms with E-state index in [4.69, 9.17) is 4.98 Å². The van der Waals surface area contributed by atoms with Gasteiger partial charge in [0.15, 0.2) is 5.65 Å². The van der Waals surface area contributed by atoms with E-state index in [0.29, 0.717) is 18.0 Å². The maximum absolute atomic E-state index is 11.5. The molecule has 0 aliphatic carbocycles. The number of methoxy groups -OCH3 is 1. The average molecular weight is 365 g/mol. The number of aryl methyl sites for hydroxylation is 2. The molecule has 0 saturated carbocycles. The molecule has 1 N–H and O–H groups in total. The van der Waals surface area contributed by atoms with Crippen molar-refractivity contribution in [2.75, 3.05) is 12.4 Å². The van der Waals surface area contributed by atoms with Gasteiger partial charge in [-0.3, -0.25) is 4.79 Å². The van der Waals surface area contributed by atoms with Gasteiger partial charge in [-0.25, -0.2) is 19.6 Å². The summed E-state index contributed by atoms with van der Waals surface area (Å²) in [5, 5.41) is 8.25. The monoisotopic (exact) mass is 365 g/mol. The topological polar surface area (TPSA) is 99.8 Å². The van der Waals surface area contributed by atoms with Crippen molar-refractivity contribution in [3.8, 4) is 0 Å². The minimum absolute atomic E-state index is 0.000482. The lowest BCUT2D eigenvalue weighted by Crippen LogP contribution is -2.13. The Morgan fingerprint density at radius 3 is 2.93 bits per heavy atom. The summed E-state index contributed by atoms with van der Waals surface area (Å²) < 4.78 is 8.26. The Morgan fingerprint density at radius 2 is 2.15 bits per heavy atom. The molecular weight excluding hydrogens is 346 g/mol. The molecule has 0 saturated heterocycles. The van der Waals surface area contributed by atoms with Crippen LogP contribution in [0.15, 0.2) is 30.7 Å². The summed E-state index contributed by atoms with van der Waals surface area (Å²) in [4.78, 5) is 24.8. The predicted molar refractivity (Wildman–Crippen MR) is 100 cm³/mol. The summed E-state index contributed by atoms with van der Waals surface area (Å²) in [6.45, 7) is 2.57. The first kappa shape index (κ1) is 17.0. The number of aromatic nitrogens is 6. The van der Waals surface area contributed by atoms with Crippen molar-refractivity contribution in [1.82, 2.24) is 29.3 Å². The molecule has 27 heavy (non-hydrogen) atoms. The van der Waals surface area contributed by atoms with E-state index in [0.717, 1.165) is 22.2 Å². The summed E-state index contributed by atoms with van der Waals surface area (Å²) in [7, 11) is 3.35. The van der Waals surface area contributed by atoms with Crippen LogP contribution in [0.2, 0.25) is 0 Å². The van der Waals surface area contributed by atoms with Crippen LogP contribution in [0.4, 0.5) is 5.82 Å². The van der Waals surface area contributed by atoms with Crippen molar-refractivity contribution < 1.29 is 9.53 Å². The van der Waals surface area contributed by atoms with Crippen LogP contribution in [0.3, 0.4) is 0 Å². The molecule has 138 valence electrons. The van der Waals surface area contributed by atoms with Crippen LogP contribution in [0.25, 0.3) is 22.1 Å². The molecule has 0 aliphatic heterocycles. The molecule has 0 fully saturated rings. The van der Waals surface area contributed by atoms with Gasteiger partial charge in [-0.2, -0.15) is 5.10 Å². The maximum atomic E-state index is 11.5. The molecular formula is C18H19N7O2. The van der Waals surface area contributed by atoms with Crippen LogP contribution in [-0.4, -0.2) is 42.4 Å².